The van der Waals surface area contributed by atoms with Gasteiger partial charge >= 0.3 is 0 Å². The van der Waals surface area contributed by atoms with E-state index in [1.165, 1.54) is 5.56 Å². The standard InChI is InChI=1S/C12H15BrO/c1-9(2)10(7-8-14)11-5-3-4-6-12(11)13/h3-6,8-10H,7H2,1-2H3. The summed E-state index contributed by atoms with van der Waals surface area (Å²) in [6.07, 6.45) is 1.60. The lowest BCUT2D eigenvalue weighted by Gasteiger charge is -2.20. The molecule has 0 N–H and O–H groups in total. The molecule has 0 heterocycles. The molecule has 0 aliphatic heterocycles. The average Bonchev–Trinajstić information content (AvgIpc) is 2.15. The molecular weight excluding hydrogens is 240 g/mol. The van der Waals surface area contributed by atoms with Crippen LogP contribution >= 0.6 is 15.9 Å². The molecule has 1 rings (SSSR count). The Balaban J connectivity index is 2.98. The SMILES string of the molecule is CC(C)C(CC=O)c1ccccc1Br. The van der Waals surface area contributed by atoms with Gasteiger partial charge in [-0.15, -0.1) is 0 Å². The number of aldehydes is 1. The number of hydrogen-bond acceptors (Lipinski definition) is 1. The Morgan fingerprint density at radius 1 is 1.36 bits per heavy atom. The van der Waals surface area contributed by atoms with Gasteiger partial charge in [0.2, 0.25) is 0 Å². The molecule has 1 aromatic rings. The van der Waals surface area contributed by atoms with E-state index in [9.17, 15) is 4.79 Å². The first-order valence-electron chi connectivity index (χ1n) is 4.85. The van der Waals surface area contributed by atoms with Crippen molar-refractivity contribution in [2.45, 2.75) is 26.2 Å². The van der Waals surface area contributed by atoms with Gasteiger partial charge < -0.3 is 4.79 Å². The van der Waals surface area contributed by atoms with Crippen LogP contribution in [0.4, 0.5) is 0 Å². The Hall–Kier alpha value is -0.630. The first kappa shape index (κ1) is 11.4. The maximum absolute atomic E-state index is 10.6. The van der Waals surface area contributed by atoms with E-state index < -0.39 is 0 Å². The lowest BCUT2D eigenvalue weighted by atomic mass is 9.86. The van der Waals surface area contributed by atoms with E-state index in [1.807, 2.05) is 18.2 Å². The zero-order valence-electron chi connectivity index (χ0n) is 8.53. The van der Waals surface area contributed by atoms with Gasteiger partial charge in [-0.3, -0.25) is 0 Å². The van der Waals surface area contributed by atoms with Gasteiger partial charge in [0.25, 0.3) is 0 Å². The molecule has 0 aliphatic carbocycles. The monoisotopic (exact) mass is 254 g/mol. The molecular formula is C12H15BrO. The first-order chi connectivity index (χ1) is 6.66. The van der Waals surface area contributed by atoms with E-state index in [0.717, 1.165) is 10.8 Å². The summed E-state index contributed by atoms with van der Waals surface area (Å²) in [7, 11) is 0. The number of hydrogen-bond donors (Lipinski definition) is 0. The minimum Gasteiger partial charge on any atom is -0.303 e. The lowest BCUT2D eigenvalue weighted by molar-refractivity contribution is -0.108. The second kappa shape index (κ2) is 5.30. The van der Waals surface area contributed by atoms with Crippen molar-refractivity contribution in [3.63, 3.8) is 0 Å². The maximum Gasteiger partial charge on any atom is 0.120 e. The Bertz CT molecular complexity index is 307. The largest absolute Gasteiger partial charge is 0.303 e. The highest BCUT2D eigenvalue weighted by Crippen LogP contribution is 2.32. The Labute approximate surface area is 93.7 Å². The van der Waals surface area contributed by atoms with Crippen LogP contribution in [0.1, 0.15) is 31.7 Å². The molecule has 1 aromatic carbocycles. The molecule has 1 nitrogen and oxygen atoms in total. The number of benzene rings is 1. The molecule has 0 amide bonds. The Kier molecular flexibility index (Phi) is 4.33. The fraction of sp³-hybridized carbons (Fsp3) is 0.417. The predicted octanol–water partition coefficient (Wildman–Crippen LogP) is 3.78. The van der Waals surface area contributed by atoms with Crippen LogP contribution in [-0.2, 0) is 4.79 Å². The zero-order valence-corrected chi connectivity index (χ0v) is 10.1. The highest BCUT2D eigenvalue weighted by atomic mass is 79.9. The van der Waals surface area contributed by atoms with Crippen molar-refractivity contribution >= 4 is 22.2 Å². The van der Waals surface area contributed by atoms with Crippen LogP contribution in [0, 0.1) is 5.92 Å². The molecule has 0 spiro atoms. The summed E-state index contributed by atoms with van der Waals surface area (Å²) in [4.78, 5) is 10.6. The second-order valence-corrected chi connectivity index (χ2v) is 4.63. The van der Waals surface area contributed by atoms with Gasteiger partial charge in [-0.1, -0.05) is 48.0 Å². The molecule has 0 radical (unpaired) electrons. The minimum atomic E-state index is 0.322. The topological polar surface area (TPSA) is 17.1 Å². The second-order valence-electron chi connectivity index (χ2n) is 3.77. The molecule has 0 fully saturated rings. The summed E-state index contributed by atoms with van der Waals surface area (Å²) in [6, 6.07) is 8.11. The average molecular weight is 255 g/mol. The molecule has 0 saturated heterocycles. The van der Waals surface area contributed by atoms with Crippen LogP contribution in [0.3, 0.4) is 0 Å². The van der Waals surface area contributed by atoms with Gasteiger partial charge in [-0.2, -0.15) is 0 Å². The molecule has 1 unspecified atom stereocenters. The van der Waals surface area contributed by atoms with Crippen molar-refractivity contribution < 1.29 is 4.79 Å². The maximum atomic E-state index is 10.6. The van der Waals surface area contributed by atoms with Gasteiger partial charge in [0.1, 0.15) is 6.29 Å². The van der Waals surface area contributed by atoms with Gasteiger partial charge in [-0.05, 0) is 23.5 Å². The van der Waals surface area contributed by atoms with Crippen molar-refractivity contribution in [3.8, 4) is 0 Å². The van der Waals surface area contributed by atoms with E-state index in [-0.39, 0.29) is 0 Å². The van der Waals surface area contributed by atoms with Crippen molar-refractivity contribution in [1.82, 2.24) is 0 Å². The van der Waals surface area contributed by atoms with Crippen LogP contribution < -0.4 is 0 Å². The number of rotatable bonds is 4. The third-order valence-corrected chi connectivity index (χ3v) is 3.18. The van der Waals surface area contributed by atoms with Gasteiger partial charge in [-0.25, -0.2) is 0 Å². The van der Waals surface area contributed by atoms with Crippen LogP contribution in [0.5, 0.6) is 0 Å². The molecule has 0 aromatic heterocycles. The number of carbonyl (C=O) groups excluding carboxylic acids is 1. The third kappa shape index (κ3) is 2.68. The zero-order chi connectivity index (χ0) is 10.6. The van der Waals surface area contributed by atoms with Crippen LogP contribution in [-0.4, -0.2) is 6.29 Å². The van der Waals surface area contributed by atoms with Crippen molar-refractivity contribution in [3.05, 3.63) is 34.3 Å². The lowest BCUT2D eigenvalue weighted by Crippen LogP contribution is -2.08. The van der Waals surface area contributed by atoms with Gasteiger partial charge in [0.05, 0.1) is 0 Å². The molecule has 14 heavy (non-hydrogen) atoms. The summed E-state index contributed by atoms with van der Waals surface area (Å²) < 4.78 is 1.10. The predicted molar refractivity (Wildman–Crippen MR) is 62.4 cm³/mol. The molecule has 0 saturated carbocycles. The van der Waals surface area contributed by atoms with E-state index in [2.05, 4.69) is 35.8 Å². The first-order valence-corrected chi connectivity index (χ1v) is 5.64. The molecule has 1 atom stereocenters. The highest BCUT2D eigenvalue weighted by molar-refractivity contribution is 9.10. The number of halogens is 1. The minimum absolute atomic E-state index is 0.322. The van der Waals surface area contributed by atoms with Gasteiger partial charge in [0, 0.05) is 10.9 Å². The molecule has 2 heteroatoms. The van der Waals surface area contributed by atoms with Crippen molar-refractivity contribution in [2.24, 2.45) is 5.92 Å². The normalized spacial score (nSPS) is 12.9. The third-order valence-electron chi connectivity index (χ3n) is 2.46. The van der Waals surface area contributed by atoms with Gasteiger partial charge in [0.15, 0.2) is 0 Å². The van der Waals surface area contributed by atoms with Crippen LogP contribution in [0.15, 0.2) is 28.7 Å². The van der Waals surface area contributed by atoms with Crippen molar-refractivity contribution in [1.29, 1.82) is 0 Å². The summed E-state index contributed by atoms with van der Waals surface area (Å²) in [5.41, 5.74) is 1.23. The Morgan fingerprint density at radius 3 is 2.50 bits per heavy atom. The van der Waals surface area contributed by atoms with E-state index >= 15 is 0 Å². The quantitative estimate of drug-likeness (QED) is 0.748. The molecule has 0 aliphatic rings. The summed E-state index contributed by atoms with van der Waals surface area (Å²) >= 11 is 3.52. The van der Waals surface area contributed by atoms with Crippen LogP contribution in [0.2, 0.25) is 0 Å². The highest BCUT2D eigenvalue weighted by Gasteiger charge is 2.17. The van der Waals surface area contributed by atoms with E-state index in [0.29, 0.717) is 18.3 Å². The van der Waals surface area contributed by atoms with E-state index in [4.69, 9.17) is 0 Å². The number of carbonyl (C=O) groups is 1. The van der Waals surface area contributed by atoms with Crippen molar-refractivity contribution in [2.75, 3.05) is 0 Å². The smallest absolute Gasteiger partial charge is 0.120 e. The Morgan fingerprint density at radius 2 is 2.00 bits per heavy atom. The molecule has 0 bridgehead atoms. The summed E-state index contributed by atoms with van der Waals surface area (Å²) in [6.45, 7) is 4.29. The summed E-state index contributed by atoms with van der Waals surface area (Å²) in [5.74, 6) is 0.807. The fourth-order valence-corrected chi connectivity index (χ4v) is 2.22. The van der Waals surface area contributed by atoms with E-state index in [1.54, 1.807) is 0 Å². The molecule has 76 valence electrons. The fourth-order valence-electron chi connectivity index (χ4n) is 1.64. The summed E-state index contributed by atoms with van der Waals surface area (Å²) in [5, 5.41) is 0. The van der Waals surface area contributed by atoms with Crippen LogP contribution in [0.25, 0.3) is 0 Å².